The second-order valence-corrected chi connectivity index (χ2v) is 3.13. The van der Waals surface area contributed by atoms with Crippen molar-refractivity contribution < 1.29 is 5.11 Å². The van der Waals surface area contributed by atoms with Crippen LogP contribution in [0.15, 0.2) is 11.4 Å². The average Bonchev–Trinajstić information content (AvgIpc) is 2.50. The van der Waals surface area contributed by atoms with E-state index in [1.54, 1.807) is 0 Å². The first-order valence-corrected chi connectivity index (χ1v) is 4.23. The van der Waals surface area contributed by atoms with Gasteiger partial charge in [0.15, 0.2) is 0 Å². The minimum atomic E-state index is 0.221. The molecule has 0 amide bonds. The van der Waals surface area contributed by atoms with E-state index in [0.717, 1.165) is 26.1 Å². The Balaban J connectivity index is 2.23. The Bertz CT molecular complexity index is 189. The van der Waals surface area contributed by atoms with E-state index in [1.807, 2.05) is 0 Å². The highest BCUT2D eigenvalue weighted by molar-refractivity contribution is 5.17. The first kappa shape index (κ1) is 6.98. The van der Waals surface area contributed by atoms with Crippen molar-refractivity contribution in [1.29, 1.82) is 0 Å². The van der Waals surface area contributed by atoms with Gasteiger partial charge >= 0.3 is 0 Å². The topological polar surface area (TPSA) is 35.5 Å². The van der Waals surface area contributed by atoms with Gasteiger partial charge in [0, 0.05) is 19.6 Å². The first-order valence-electron chi connectivity index (χ1n) is 4.23. The molecule has 0 spiro atoms. The smallest absolute Gasteiger partial charge is 0.103 e. The van der Waals surface area contributed by atoms with Gasteiger partial charge in [-0.2, -0.15) is 0 Å². The van der Waals surface area contributed by atoms with Gasteiger partial charge in [0.1, 0.15) is 5.82 Å². The second-order valence-electron chi connectivity index (χ2n) is 3.13. The lowest BCUT2D eigenvalue weighted by atomic mass is 10.1. The monoisotopic (exact) mass is 154 g/mol. The standard InChI is InChI=1S/C8H14N2O/c11-6-7-2-1-4-10-5-3-9-8(7)10/h9,11H,1-6H2. The summed E-state index contributed by atoms with van der Waals surface area (Å²) in [6.45, 7) is 3.53. The summed E-state index contributed by atoms with van der Waals surface area (Å²) in [5.41, 5.74) is 1.19. The van der Waals surface area contributed by atoms with Crippen LogP contribution in [0, 0.1) is 0 Å². The predicted octanol–water partition coefficient (Wildman–Crippen LogP) is -0.111. The Morgan fingerprint density at radius 3 is 3.18 bits per heavy atom. The molecule has 1 fully saturated rings. The third-order valence-corrected chi connectivity index (χ3v) is 2.42. The van der Waals surface area contributed by atoms with Crippen LogP contribution in [0.3, 0.4) is 0 Å². The van der Waals surface area contributed by atoms with Crippen LogP contribution in [0.1, 0.15) is 12.8 Å². The van der Waals surface area contributed by atoms with Gasteiger partial charge in [0.2, 0.25) is 0 Å². The van der Waals surface area contributed by atoms with E-state index in [1.165, 1.54) is 17.8 Å². The fraction of sp³-hybridized carbons (Fsp3) is 0.750. The highest BCUT2D eigenvalue weighted by Gasteiger charge is 2.22. The average molecular weight is 154 g/mol. The molecule has 2 aliphatic heterocycles. The SMILES string of the molecule is OCC1=C2NCCN2CCC1. The number of rotatable bonds is 1. The maximum absolute atomic E-state index is 9.01. The molecule has 62 valence electrons. The maximum atomic E-state index is 9.01. The van der Waals surface area contributed by atoms with Crippen molar-refractivity contribution in [2.75, 3.05) is 26.2 Å². The largest absolute Gasteiger partial charge is 0.392 e. The van der Waals surface area contributed by atoms with E-state index < -0.39 is 0 Å². The third kappa shape index (κ3) is 1.09. The summed E-state index contributed by atoms with van der Waals surface area (Å²) in [7, 11) is 0. The summed E-state index contributed by atoms with van der Waals surface area (Å²) < 4.78 is 0. The van der Waals surface area contributed by atoms with Crippen LogP contribution in [0.4, 0.5) is 0 Å². The molecule has 2 N–H and O–H groups in total. The van der Waals surface area contributed by atoms with E-state index >= 15 is 0 Å². The maximum Gasteiger partial charge on any atom is 0.103 e. The minimum Gasteiger partial charge on any atom is -0.392 e. The summed E-state index contributed by atoms with van der Waals surface area (Å²) in [5, 5.41) is 12.3. The van der Waals surface area contributed by atoms with Crippen molar-refractivity contribution in [3.63, 3.8) is 0 Å². The van der Waals surface area contributed by atoms with Crippen LogP contribution < -0.4 is 5.32 Å². The molecule has 11 heavy (non-hydrogen) atoms. The number of aliphatic hydroxyl groups is 1. The molecule has 0 atom stereocenters. The lowest BCUT2D eigenvalue weighted by Gasteiger charge is -2.26. The molecule has 0 saturated carbocycles. The van der Waals surface area contributed by atoms with Crippen molar-refractivity contribution in [1.82, 2.24) is 10.2 Å². The minimum absolute atomic E-state index is 0.221. The number of fused-ring (bicyclic) bond motifs is 1. The molecule has 2 aliphatic rings. The molecule has 2 heterocycles. The van der Waals surface area contributed by atoms with Crippen LogP contribution >= 0.6 is 0 Å². The summed E-state index contributed by atoms with van der Waals surface area (Å²) in [5.74, 6) is 1.21. The molecular weight excluding hydrogens is 140 g/mol. The molecule has 3 heteroatoms. The summed E-state index contributed by atoms with van der Waals surface area (Å²) in [6.07, 6.45) is 2.26. The van der Waals surface area contributed by atoms with E-state index in [2.05, 4.69) is 10.2 Å². The highest BCUT2D eigenvalue weighted by Crippen LogP contribution is 2.21. The van der Waals surface area contributed by atoms with Gasteiger partial charge in [-0.05, 0) is 18.4 Å². The Kier molecular flexibility index (Phi) is 1.74. The first-order chi connectivity index (χ1) is 5.42. The lowest BCUT2D eigenvalue weighted by molar-refractivity contribution is 0.293. The predicted molar refractivity (Wildman–Crippen MR) is 42.9 cm³/mol. The van der Waals surface area contributed by atoms with Gasteiger partial charge in [0.05, 0.1) is 6.61 Å². The summed E-state index contributed by atoms with van der Waals surface area (Å²) in [4.78, 5) is 2.33. The zero-order valence-corrected chi connectivity index (χ0v) is 6.64. The quantitative estimate of drug-likeness (QED) is 0.553. The molecule has 2 rings (SSSR count). The van der Waals surface area contributed by atoms with Gasteiger partial charge in [-0.25, -0.2) is 0 Å². The Hall–Kier alpha value is -0.700. The third-order valence-electron chi connectivity index (χ3n) is 2.42. The fourth-order valence-corrected chi connectivity index (χ4v) is 1.86. The molecule has 3 nitrogen and oxygen atoms in total. The van der Waals surface area contributed by atoms with Crippen LogP contribution in [-0.2, 0) is 0 Å². The number of hydrogen-bond acceptors (Lipinski definition) is 3. The molecule has 0 radical (unpaired) electrons. The van der Waals surface area contributed by atoms with Gasteiger partial charge in [0.25, 0.3) is 0 Å². The fourth-order valence-electron chi connectivity index (χ4n) is 1.86. The number of nitrogens with one attached hydrogen (secondary N) is 1. The van der Waals surface area contributed by atoms with E-state index in [4.69, 9.17) is 5.11 Å². The van der Waals surface area contributed by atoms with Crippen molar-refractivity contribution in [2.24, 2.45) is 0 Å². The number of hydrogen-bond donors (Lipinski definition) is 2. The van der Waals surface area contributed by atoms with Gasteiger partial charge in [-0.1, -0.05) is 0 Å². The Morgan fingerprint density at radius 1 is 1.45 bits per heavy atom. The molecule has 0 bridgehead atoms. The van der Waals surface area contributed by atoms with Crippen molar-refractivity contribution >= 4 is 0 Å². The lowest BCUT2D eigenvalue weighted by Crippen LogP contribution is -2.27. The van der Waals surface area contributed by atoms with Crippen LogP contribution in [0.2, 0.25) is 0 Å². The highest BCUT2D eigenvalue weighted by atomic mass is 16.3. The van der Waals surface area contributed by atoms with E-state index in [-0.39, 0.29) is 6.61 Å². The van der Waals surface area contributed by atoms with Crippen molar-refractivity contribution in [2.45, 2.75) is 12.8 Å². The van der Waals surface area contributed by atoms with Crippen molar-refractivity contribution in [3.8, 4) is 0 Å². The number of nitrogens with zero attached hydrogens (tertiary/aromatic N) is 1. The summed E-state index contributed by atoms with van der Waals surface area (Å²) in [6, 6.07) is 0. The molecule has 1 saturated heterocycles. The zero-order valence-electron chi connectivity index (χ0n) is 6.64. The normalized spacial score (nSPS) is 23.5. The summed E-state index contributed by atoms with van der Waals surface area (Å²) >= 11 is 0. The van der Waals surface area contributed by atoms with Crippen molar-refractivity contribution in [3.05, 3.63) is 11.4 Å². The van der Waals surface area contributed by atoms with Crippen LogP contribution in [0.25, 0.3) is 0 Å². The molecule has 0 aromatic heterocycles. The van der Waals surface area contributed by atoms with Crippen LogP contribution in [0.5, 0.6) is 0 Å². The molecule has 0 aromatic carbocycles. The molecule has 0 aliphatic carbocycles. The number of aliphatic hydroxyl groups excluding tert-OH is 1. The van der Waals surface area contributed by atoms with E-state index in [9.17, 15) is 0 Å². The Labute approximate surface area is 66.7 Å². The van der Waals surface area contributed by atoms with Crippen LogP contribution in [-0.4, -0.2) is 36.2 Å². The molecule has 0 unspecified atom stereocenters. The zero-order chi connectivity index (χ0) is 7.68. The molecular formula is C8H14N2O. The van der Waals surface area contributed by atoms with Gasteiger partial charge in [-0.3, -0.25) is 0 Å². The molecule has 0 aromatic rings. The second kappa shape index (κ2) is 2.74. The Morgan fingerprint density at radius 2 is 2.36 bits per heavy atom. The van der Waals surface area contributed by atoms with E-state index in [0.29, 0.717) is 0 Å². The van der Waals surface area contributed by atoms with Gasteiger partial charge < -0.3 is 15.3 Å². The van der Waals surface area contributed by atoms with Gasteiger partial charge in [-0.15, -0.1) is 0 Å².